The molecule has 0 aliphatic carbocycles. The number of halogens is 1. The van der Waals surface area contributed by atoms with Gasteiger partial charge in [0.1, 0.15) is 5.82 Å². The van der Waals surface area contributed by atoms with Crippen LogP contribution >= 0.6 is 0 Å². The molecule has 0 heterocycles. The largest absolute Gasteiger partial charge is 0.504 e. The van der Waals surface area contributed by atoms with Crippen molar-refractivity contribution in [2.24, 2.45) is 0 Å². The van der Waals surface area contributed by atoms with Crippen LogP contribution in [0.3, 0.4) is 0 Å². The molecule has 0 saturated carbocycles. The molecule has 6 nitrogen and oxygen atoms in total. The zero-order valence-electron chi connectivity index (χ0n) is 13.4. The van der Waals surface area contributed by atoms with E-state index in [9.17, 15) is 19.1 Å². The van der Waals surface area contributed by atoms with E-state index in [0.29, 0.717) is 11.3 Å². The predicted molar refractivity (Wildman–Crippen MR) is 89.7 cm³/mol. The second-order valence-corrected chi connectivity index (χ2v) is 4.93. The highest BCUT2D eigenvalue weighted by molar-refractivity contribution is 5.94. The van der Waals surface area contributed by atoms with E-state index in [1.807, 2.05) is 0 Å². The van der Waals surface area contributed by atoms with Crippen LogP contribution in [-0.4, -0.2) is 30.7 Å². The van der Waals surface area contributed by atoms with Gasteiger partial charge in [0, 0.05) is 11.8 Å². The van der Waals surface area contributed by atoms with Gasteiger partial charge in [-0.1, -0.05) is 6.07 Å². The molecule has 0 aliphatic heterocycles. The molecule has 0 spiro atoms. The monoisotopic (exact) mass is 345 g/mol. The number of hydrogen-bond acceptors (Lipinski definition) is 5. The maximum Gasteiger partial charge on any atom is 0.331 e. The molecule has 2 aromatic carbocycles. The van der Waals surface area contributed by atoms with E-state index in [2.05, 4.69) is 5.32 Å². The van der Waals surface area contributed by atoms with Crippen molar-refractivity contribution in [2.45, 2.75) is 0 Å². The number of phenolic OH excluding ortho intramolecular Hbond substituents is 1. The van der Waals surface area contributed by atoms with Gasteiger partial charge in [0.15, 0.2) is 18.1 Å². The molecule has 7 heteroatoms. The van der Waals surface area contributed by atoms with E-state index in [4.69, 9.17) is 9.47 Å². The molecule has 1 amide bonds. The Morgan fingerprint density at radius 3 is 2.60 bits per heavy atom. The van der Waals surface area contributed by atoms with Gasteiger partial charge in [-0.2, -0.15) is 0 Å². The molecule has 2 N–H and O–H groups in total. The minimum absolute atomic E-state index is 0.0142. The van der Waals surface area contributed by atoms with Crippen LogP contribution in [0.1, 0.15) is 5.56 Å². The first-order chi connectivity index (χ1) is 12.0. The zero-order valence-corrected chi connectivity index (χ0v) is 13.4. The number of carbonyl (C=O) groups is 2. The Labute approximate surface area is 143 Å². The molecule has 0 unspecified atom stereocenters. The molecule has 0 atom stereocenters. The average Bonchev–Trinajstić information content (AvgIpc) is 2.61. The summed E-state index contributed by atoms with van der Waals surface area (Å²) in [7, 11) is 1.41. The first-order valence-electron chi connectivity index (χ1n) is 7.25. The molecule has 0 aliphatic rings. The van der Waals surface area contributed by atoms with Crippen LogP contribution in [0.15, 0.2) is 48.5 Å². The van der Waals surface area contributed by atoms with Gasteiger partial charge in [-0.25, -0.2) is 9.18 Å². The highest BCUT2D eigenvalue weighted by atomic mass is 19.1. The number of aromatic hydroxyl groups is 1. The van der Waals surface area contributed by atoms with Crippen molar-refractivity contribution in [3.8, 4) is 11.5 Å². The number of hydrogen-bond donors (Lipinski definition) is 2. The lowest BCUT2D eigenvalue weighted by Crippen LogP contribution is -2.20. The average molecular weight is 345 g/mol. The van der Waals surface area contributed by atoms with Gasteiger partial charge < -0.3 is 19.9 Å². The quantitative estimate of drug-likeness (QED) is 0.621. The van der Waals surface area contributed by atoms with Crippen LogP contribution in [0.5, 0.6) is 11.5 Å². The normalized spacial score (nSPS) is 10.5. The first kappa shape index (κ1) is 18.0. The predicted octanol–water partition coefficient (Wildman–Crippen LogP) is 2.74. The Morgan fingerprint density at radius 1 is 1.20 bits per heavy atom. The van der Waals surface area contributed by atoms with Crippen LogP contribution in [0, 0.1) is 5.82 Å². The number of ether oxygens (including phenoxy) is 2. The SMILES string of the molecule is COc1cc(/C=C/C(=O)OCC(=O)Nc2ccc(F)cc2)ccc1O. The van der Waals surface area contributed by atoms with Crippen molar-refractivity contribution in [1.29, 1.82) is 0 Å². The van der Waals surface area contributed by atoms with Crippen molar-refractivity contribution >= 4 is 23.6 Å². The summed E-state index contributed by atoms with van der Waals surface area (Å²) in [6.07, 6.45) is 2.61. The van der Waals surface area contributed by atoms with Crippen molar-refractivity contribution in [2.75, 3.05) is 19.0 Å². The topological polar surface area (TPSA) is 84.9 Å². The van der Waals surface area contributed by atoms with E-state index in [-0.39, 0.29) is 11.5 Å². The molecule has 0 radical (unpaired) electrons. The Hall–Kier alpha value is -3.35. The van der Waals surface area contributed by atoms with Crippen LogP contribution in [-0.2, 0) is 14.3 Å². The lowest BCUT2D eigenvalue weighted by molar-refractivity contribution is -0.142. The molecule has 0 aromatic heterocycles. The summed E-state index contributed by atoms with van der Waals surface area (Å²) in [6.45, 7) is -0.473. The lowest BCUT2D eigenvalue weighted by atomic mass is 10.2. The molecule has 25 heavy (non-hydrogen) atoms. The third-order valence-electron chi connectivity index (χ3n) is 3.09. The summed E-state index contributed by atoms with van der Waals surface area (Å²) in [5.74, 6) is -1.41. The van der Waals surface area contributed by atoms with E-state index in [1.165, 1.54) is 43.5 Å². The summed E-state index contributed by atoms with van der Waals surface area (Å²) >= 11 is 0. The van der Waals surface area contributed by atoms with Gasteiger partial charge in [-0.15, -0.1) is 0 Å². The smallest absolute Gasteiger partial charge is 0.331 e. The highest BCUT2D eigenvalue weighted by Gasteiger charge is 2.06. The van der Waals surface area contributed by atoms with E-state index >= 15 is 0 Å². The minimum Gasteiger partial charge on any atom is -0.504 e. The van der Waals surface area contributed by atoms with Crippen LogP contribution in [0.25, 0.3) is 6.08 Å². The van der Waals surface area contributed by atoms with Crippen LogP contribution in [0.2, 0.25) is 0 Å². The van der Waals surface area contributed by atoms with E-state index < -0.39 is 24.3 Å². The summed E-state index contributed by atoms with van der Waals surface area (Å²) in [6, 6.07) is 9.76. The summed E-state index contributed by atoms with van der Waals surface area (Å²) in [4.78, 5) is 23.3. The van der Waals surface area contributed by atoms with Gasteiger partial charge >= 0.3 is 5.97 Å². The van der Waals surface area contributed by atoms with Crippen molar-refractivity contribution in [1.82, 2.24) is 0 Å². The minimum atomic E-state index is -0.707. The van der Waals surface area contributed by atoms with Gasteiger partial charge in [0.25, 0.3) is 5.91 Å². The number of nitrogens with one attached hydrogen (secondary N) is 1. The fourth-order valence-corrected chi connectivity index (χ4v) is 1.88. The van der Waals surface area contributed by atoms with Crippen LogP contribution < -0.4 is 10.1 Å². The third-order valence-corrected chi connectivity index (χ3v) is 3.09. The van der Waals surface area contributed by atoms with Crippen molar-refractivity contribution in [3.05, 3.63) is 59.9 Å². The molecular weight excluding hydrogens is 329 g/mol. The van der Waals surface area contributed by atoms with Gasteiger partial charge in [-0.05, 0) is 48.0 Å². The molecule has 2 aromatic rings. The fourth-order valence-electron chi connectivity index (χ4n) is 1.88. The molecule has 2 rings (SSSR count). The number of benzene rings is 2. The Morgan fingerprint density at radius 2 is 1.92 bits per heavy atom. The Balaban J connectivity index is 1.83. The first-order valence-corrected chi connectivity index (χ1v) is 7.25. The number of esters is 1. The fraction of sp³-hybridized carbons (Fsp3) is 0.111. The maximum atomic E-state index is 12.8. The van der Waals surface area contributed by atoms with Crippen LogP contribution in [0.4, 0.5) is 10.1 Å². The Kier molecular flexibility index (Phi) is 6.11. The van der Waals surface area contributed by atoms with Crippen molar-refractivity contribution < 1.29 is 28.6 Å². The maximum absolute atomic E-state index is 12.8. The number of amides is 1. The van der Waals surface area contributed by atoms with Gasteiger partial charge in [0.05, 0.1) is 7.11 Å². The van der Waals surface area contributed by atoms with Gasteiger partial charge in [0.2, 0.25) is 0 Å². The number of phenols is 1. The summed E-state index contributed by atoms with van der Waals surface area (Å²) in [5, 5.41) is 12.0. The van der Waals surface area contributed by atoms with E-state index in [0.717, 1.165) is 6.08 Å². The second kappa shape index (κ2) is 8.49. The van der Waals surface area contributed by atoms with E-state index in [1.54, 1.807) is 12.1 Å². The number of anilines is 1. The molecular formula is C18H16FNO5. The third kappa shape index (κ3) is 5.65. The Bertz CT molecular complexity index is 787. The number of rotatable bonds is 6. The zero-order chi connectivity index (χ0) is 18.2. The molecule has 130 valence electrons. The summed E-state index contributed by atoms with van der Waals surface area (Å²) in [5.41, 5.74) is 1.01. The standard InChI is InChI=1S/C18H16FNO5/c1-24-16-10-12(2-8-15(16)21)3-9-18(23)25-11-17(22)20-14-6-4-13(19)5-7-14/h2-10,21H,11H2,1H3,(H,20,22)/b9-3+. The number of methoxy groups -OCH3 is 1. The molecule has 0 saturated heterocycles. The number of carbonyl (C=O) groups excluding carboxylic acids is 2. The lowest BCUT2D eigenvalue weighted by Gasteiger charge is -2.05. The molecule has 0 fully saturated rings. The summed E-state index contributed by atoms with van der Waals surface area (Å²) < 4.78 is 22.5. The highest BCUT2D eigenvalue weighted by Crippen LogP contribution is 2.26. The molecule has 0 bridgehead atoms. The van der Waals surface area contributed by atoms with Crippen molar-refractivity contribution in [3.63, 3.8) is 0 Å². The van der Waals surface area contributed by atoms with Gasteiger partial charge in [-0.3, -0.25) is 4.79 Å². The second-order valence-electron chi connectivity index (χ2n) is 4.93.